The van der Waals surface area contributed by atoms with Crippen molar-refractivity contribution < 1.29 is 9.18 Å². The molecule has 1 amide bonds. The summed E-state index contributed by atoms with van der Waals surface area (Å²) in [6, 6.07) is 7.75. The van der Waals surface area contributed by atoms with Gasteiger partial charge in [-0.1, -0.05) is 12.1 Å². The van der Waals surface area contributed by atoms with Crippen molar-refractivity contribution in [3.05, 3.63) is 53.6 Å². The van der Waals surface area contributed by atoms with E-state index in [4.69, 9.17) is 5.73 Å². The SMILES string of the molecule is CCN(C(=O)c1cc(N)cnc1C)c1ccccc1F. The second-order valence-electron chi connectivity index (χ2n) is 4.40. The minimum absolute atomic E-state index is 0.252. The lowest BCUT2D eigenvalue weighted by Crippen LogP contribution is -2.32. The zero-order chi connectivity index (χ0) is 14.7. The van der Waals surface area contributed by atoms with Gasteiger partial charge in [-0.3, -0.25) is 9.78 Å². The molecule has 1 heterocycles. The zero-order valence-electron chi connectivity index (χ0n) is 11.4. The first-order valence-corrected chi connectivity index (χ1v) is 6.33. The molecule has 2 rings (SSSR count). The molecule has 5 heteroatoms. The average Bonchev–Trinajstić information content (AvgIpc) is 2.44. The number of hydrogen-bond donors (Lipinski definition) is 1. The van der Waals surface area contributed by atoms with Gasteiger partial charge in [0.1, 0.15) is 5.82 Å². The number of aryl methyl sites for hydroxylation is 1. The van der Waals surface area contributed by atoms with Crippen LogP contribution in [0.2, 0.25) is 0 Å². The van der Waals surface area contributed by atoms with Crippen molar-refractivity contribution in [2.75, 3.05) is 17.2 Å². The number of benzene rings is 1. The van der Waals surface area contributed by atoms with Gasteiger partial charge in [-0.2, -0.15) is 0 Å². The molecule has 2 aromatic rings. The van der Waals surface area contributed by atoms with Crippen LogP contribution in [0.3, 0.4) is 0 Å². The molecule has 0 aliphatic rings. The Hall–Kier alpha value is -2.43. The number of nitrogens with two attached hydrogens (primary N) is 1. The number of amides is 1. The van der Waals surface area contributed by atoms with Crippen molar-refractivity contribution >= 4 is 17.3 Å². The van der Waals surface area contributed by atoms with Crippen LogP contribution in [0.5, 0.6) is 0 Å². The Kier molecular flexibility index (Phi) is 3.98. The monoisotopic (exact) mass is 273 g/mol. The topological polar surface area (TPSA) is 59.2 Å². The molecular weight excluding hydrogens is 257 g/mol. The molecule has 0 spiro atoms. The number of nitrogen functional groups attached to an aromatic ring is 1. The van der Waals surface area contributed by atoms with Crippen molar-refractivity contribution in [1.29, 1.82) is 0 Å². The lowest BCUT2D eigenvalue weighted by Gasteiger charge is -2.22. The lowest BCUT2D eigenvalue weighted by atomic mass is 10.1. The maximum atomic E-state index is 13.8. The summed E-state index contributed by atoms with van der Waals surface area (Å²) >= 11 is 0. The molecule has 2 N–H and O–H groups in total. The van der Waals surface area contributed by atoms with Crippen LogP contribution in [-0.2, 0) is 0 Å². The first-order valence-electron chi connectivity index (χ1n) is 6.33. The Balaban J connectivity index is 2.45. The number of carbonyl (C=O) groups excluding carboxylic acids is 1. The van der Waals surface area contributed by atoms with Crippen LogP contribution in [0.1, 0.15) is 23.0 Å². The molecule has 104 valence electrons. The number of carbonyl (C=O) groups is 1. The van der Waals surface area contributed by atoms with E-state index in [0.717, 1.165) is 0 Å². The minimum atomic E-state index is -0.433. The molecule has 0 atom stereocenters. The van der Waals surface area contributed by atoms with E-state index in [0.29, 0.717) is 23.5 Å². The number of pyridine rings is 1. The van der Waals surface area contributed by atoms with Gasteiger partial charge in [0.15, 0.2) is 0 Å². The zero-order valence-corrected chi connectivity index (χ0v) is 11.4. The van der Waals surface area contributed by atoms with E-state index in [1.165, 1.54) is 17.2 Å². The van der Waals surface area contributed by atoms with Gasteiger partial charge < -0.3 is 10.6 Å². The summed E-state index contributed by atoms with van der Waals surface area (Å²) in [5, 5.41) is 0. The van der Waals surface area contributed by atoms with Crippen molar-refractivity contribution in [2.24, 2.45) is 0 Å². The van der Waals surface area contributed by atoms with Gasteiger partial charge in [-0.05, 0) is 32.0 Å². The third kappa shape index (κ3) is 2.61. The highest BCUT2D eigenvalue weighted by atomic mass is 19.1. The third-order valence-electron chi connectivity index (χ3n) is 3.04. The molecule has 0 radical (unpaired) electrons. The standard InChI is InChI=1S/C15H16FN3O/c1-3-19(14-7-5-4-6-13(14)16)15(20)12-8-11(17)9-18-10(12)2/h4-9H,3,17H2,1-2H3. The molecule has 4 nitrogen and oxygen atoms in total. The second-order valence-corrected chi connectivity index (χ2v) is 4.40. The largest absolute Gasteiger partial charge is 0.397 e. The first-order chi connectivity index (χ1) is 9.54. The summed E-state index contributed by atoms with van der Waals surface area (Å²) < 4.78 is 13.8. The van der Waals surface area contributed by atoms with E-state index in [2.05, 4.69) is 4.98 Å². The lowest BCUT2D eigenvalue weighted by molar-refractivity contribution is 0.0986. The fraction of sp³-hybridized carbons (Fsp3) is 0.200. The molecule has 0 bridgehead atoms. The Labute approximate surface area is 117 Å². The number of para-hydroxylation sites is 1. The number of anilines is 2. The van der Waals surface area contributed by atoms with Crippen molar-refractivity contribution in [3.63, 3.8) is 0 Å². The molecule has 20 heavy (non-hydrogen) atoms. The normalized spacial score (nSPS) is 10.3. The van der Waals surface area contributed by atoms with Crippen LogP contribution in [0, 0.1) is 12.7 Å². The summed E-state index contributed by atoms with van der Waals surface area (Å²) in [6.45, 7) is 3.87. The molecule has 1 aromatic heterocycles. The predicted octanol–water partition coefficient (Wildman–Crippen LogP) is 2.78. The minimum Gasteiger partial charge on any atom is -0.397 e. The summed E-state index contributed by atoms with van der Waals surface area (Å²) in [7, 11) is 0. The Bertz CT molecular complexity index is 643. The van der Waals surface area contributed by atoms with Gasteiger partial charge in [0.2, 0.25) is 0 Å². The first kappa shape index (κ1) is 14.0. The van der Waals surface area contributed by atoms with Gasteiger partial charge in [-0.25, -0.2) is 4.39 Å². The number of nitrogens with zero attached hydrogens (tertiary/aromatic N) is 2. The van der Waals surface area contributed by atoms with E-state index >= 15 is 0 Å². The summed E-state index contributed by atoms with van der Waals surface area (Å²) in [6.07, 6.45) is 1.49. The van der Waals surface area contributed by atoms with Crippen molar-refractivity contribution in [1.82, 2.24) is 4.98 Å². The Morgan fingerprint density at radius 3 is 2.75 bits per heavy atom. The smallest absolute Gasteiger partial charge is 0.260 e. The van der Waals surface area contributed by atoms with E-state index in [9.17, 15) is 9.18 Å². The number of aromatic nitrogens is 1. The summed E-state index contributed by atoms with van der Waals surface area (Å²) in [5.41, 5.74) is 7.28. The molecule has 0 aliphatic carbocycles. The fourth-order valence-corrected chi connectivity index (χ4v) is 2.01. The van der Waals surface area contributed by atoms with Gasteiger partial charge in [0.05, 0.1) is 28.8 Å². The summed E-state index contributed by atoms with van der Waals surface area (Å²) in [5.74, 6) is -0.743. The molecule has 0 fully saturated rings. The second kappa shape index (κ2) is 5.69. The molecule has 1 aromatic carbocycles. The highest BCUT2D eigenvalue weighted by Crippen LogP contribution is 2.22. The quantitative estimate of drug-likeness (QED) is 0.935. The van der Waals surface area contributed by atoms with E-state index in [-0.39, 0.29) is 11.6 Å². The van der Waals surface area contributed by atoms with Crippen LogP contribution in [-0.4, -0.2) is 17.4 Å². The number of halogens is 1. The van der Waals surface area contributed by atoms with Crippen molar-refractivity contribution in [2.45, 2.75) is 13.8 Å². The highest BCUT2D eigenvalue weighted by molar-refractivity contribution is 6.07. The van der Waals surface area contributed by atoms with Gasteiger partial charge in [0.25, 0.3) is 5.91 Å². The maximum Gasteiger partial charge on any atom is 0.260 e. The van der Waals surface area contributed by atoms with Crippen LogP contribution < -0.4 is 10.6 Å². The average molecular weight is 273 g/mol. The fourth-order valence-electron chi connectivity index (χ4n) is 2.01. The predicted molar refractivity (Wildman–Crippen MR) is 77.1 cm³/mol. The van der Waals surface area contributed by atoms with Crippen molar-refractivity contribution in [3.8, 4) is 0 Å². The Morgan fingerprint density at radius 1 is 1.40 bits per heavy atom. The number of rotatable bonds is 3. The van der Waals surface area contributed by atoms with Crippen LogP contribution in [0.4, 0.5) is 15.8 Å². The van der Waals surface area contributed by atoms with Crippen LogP contribution in [0.25, 0.3) is 0 Å². The van der Waals surface area contributed by atoms with Gasteiger partial charge in [0, 0.05) is 6.54 Å². The Morgan fingerprint density at radius 2 is 2.10 bits per heavy atom. The highest BCUT2D eigenvalue weighted by Gasteiger charge is 2.21. The number of hydrogen-bond acceptors (Lipinski definition) is 3. The van der Waals surface area contributed by atoms with E-state index < -0.39 is 5.82 Å². The van der Waals surface area contributed by atoms with Crippen LogP contribution in [0.15, 0.2) is 36.5 Å². The third-order valence-corrected chi connectivity index (χ3v) is 3.04. The van der Waals surface area contributed by atoms with E-state index in [1.807, 2.05) is 0 Å². The van der Waals surface area contributed by atoms with Crippen LogP contribution >= 0.6 is 0 Å². The molecule has 0 aliphatic heterocycles. The molecule has 0 saturated heterocycles. The summed E-state index contributed by atoms with van der Waals surface area (Å²) in [4.78, 5) is 18.0. The molecule has 0 unspecified atom stereocenters. The molecule has 0 saturated carbocycles. The van der Waals surface area contributed by atoms with Gasteiger partial charge >= 0.3 is 0 Å². The van der Waals surface area contributed by atoms with Gasteiger partial charge in [-0.15, -0.1) is 0 Å². The molecular formula is C15H16FN3O. The maximum absolute atomic E-state index is 13.8. The van der Waals surface area contributed by atoms with E-state index in [1.54, 1.807) is 38.1 Å².